The molecule has 2 aliphatic rings. The molecule has 3 heterocycles. The van der Waals surface area contributed by atoms with Crippen LogP contribution in [-0.4, -0.2) is 87.5 Å². The molecule has 2 fully saturated rings. The van der Waals surface area contributed by atoms with Gasteiger partial charge in [-0.1, -0.05) is 16.9 Å². The maximum Gasteiger partial charge on any atom is 0.395 e. The van der Waals surface area contributed by atoms with Crippen LogP contribution in [0.15, 0.2) is 46.1 Å². The fourth-order valence-electron chi connectivity index (χ4n) is 4.26. The third-order valence-corrected chi connectivity index (χ3v) is 7.42. The van der Waals surface area contributed by atoms with Crippen molar-refractivity contribution >= 4 is 25.9 Å². The number of aromatic nitrogens is 2. The van der Waals surface area contributed by atoms with E-state index in [1.807, 2.05) is 11.9 Å². The average molecular weight is 599 g/mol. The fraction of sp³-hybridized carbons (Fsp3) is 0.500. The van der Waals surface area contributed by atoms with E-state index < -0.39 is 56.8 Å². The van der Waals surface area contributed by atoms with Crippen LogP contribution in [0.3, 0.4) is 0 Å². The van der Waals surface area contributed by atoms with E-state index in [4.69, 9.17) is 19.1 Å². The van der Waals surface area contributed by atoms with Crippen LogP contribution in [0.2, 0.25) is 0 Å². The summed E-state index contributed by atoms with van der Waals surface area (Å²) in [6.07, 6.45) is -4.59. The summed E-state index contributed by atoms with van der Waals surface area (Å²) in [6.45, 7) is 1.87. The second kappa shape index (κ2) is 12.5. The molecule has 3 N–H and O–H groups in total. The Kier molecular flexibility index (Phi) is 9.29. The molecule has 2 aliphatic heterocycles. The van der Waals surface area contributed by atoms with E-state index in [-0.39, 0.29) is 29.1 Å². The summed E-state index contributed by atoms with van der Waals surface area (Å²) in [4.78, 5) is 53.7. The van der Waals surface area contributed by atoms with Crippen LogP contribution in [0, 0.1) is 5.92 Å². The first-order chi connectivity index (χ1) is 19.4. The lowest BCUT2D eigenvalue weighted by atomic mass is 10.1. The van der Waals surface area contributed by atoms with Gasteiger partial charge in [0.15, 0.2) is 17.9 Å². The van der Waals surface area contributed by atoms with Crippen LogP contribution in [0.4, 0.5) is 14.6 Å². The maximum absolute atomic E-state index is 15.0. The molecule has 0 bridgehead atoms. The van der Waals surface area contributed by atoms with Crippen LogP contribution in [0.5, 0.6) is 11.5 Å². The highest BCUT2D eigenvalue weighted by Crippen LogP contribution is 2.43. The molecule has 1 unspecified atom stereocenters. The molecule has 1 amide bonds. The minimum absolute atomic E-state index is 0.0658. The second-order valence-corrected chi connectivity index (χ2v) is 10.5. The second-order valence-electron chi connectivity index (χ2n) is 9.60. The van der Waals surface area contributed by atoms with Crippen molar-refractivity contribution < 1.29 is 47.5 Å². The molecule has 1 aromatic heterocycles. The highest BCUT2D eigenvalue weighted by molar-refractivity contribution is 7.34. The van der Waals surface area contributed by atoms with E-state index >= 15 is 8.78 Å². The standard InChI is InChI=1S/C24H28F2N5O9P/c1-13(21(34)35)29-41(37)40-16-6-4-3-5-15(16)38-12-17-19(32)24(25,26)22(39-17)31-10-8-18(28-23(31)36)27-20(33)14-7-9-30(2)11-14/h3-6,8,10,13-14,17,19,22,32H,7,9,11-12H2,1-2H3,(H,34,35)(H,27,28,33,36)/t13-,14-,17+,19+,22+/m0/s1. The Morgan fingerprint density at radius 2 is 2.05 bits per heavy atom. The van der Waals surface area contributed by atoms with Crippen molar-refractivity contribution in [2.24, 2.45) is 10.7 Å². The SMILES string of the molecule is C[C@H](N=[P+]([O-])Oc1ccccc1OC[C@H]1O[C@@H](n2ccc(NC(=O)[C@H]3CCN(C)C3)nc2=O)C(F)(F)[C@@H]1O)C(=O)O. The molecule has 14 nitrogen and oxygen atoms in total. The number of benzene rings is 1. The summed E-state index contributed by atoms with van der Waals surface area (Å²) in [6, 6.07) is 5.58. The van der Waals surface area contributed by atoms with Crippen molar-refractivity contribution in [1.82, 2.24) is 14.5 Å². The van der Waals surface area contributed by atoms with Crippen molar-refractivity contribution in [3.63, 3.8) is 0 Å². The van der Waals surface area contributed by atoms with Gasteiger partial charge in [0.2, 0.25) is 17.9 Å². The highest BCUT2D eigenvalue weighted by Gasteiger charge is 2.60. The zero-order valence-electron chi connectivity index (χ0n) is 21.9. The normalized spacial score (nSPS) is 25.1. The number of nitrogens with one attached hydrogen (secondary N) is 1. The average Bonchev–Trinajstić information content (AvgIpc) is 3.44. The van der Waals surface area contributed by atoms with Crippen LogP contribution >= 0.6 is 8.17 Å². The molecule has 1 aromatic carbocycles. The Balaban J connectivity index is 1.43. The number of rotatable bonds is 10. The Morgan fingerprint density at radius 1 is 1.34 bits per heavy atom. The number of nitrogens with zero attached hydrogens (tertiary/aromatic N) is 4. The van der Waals surface area contributed by atoms with Crippen LogP contribution in [0.25, 0.3) is 0 Å². The molecule has 4 rings (SSSR count). The number of aliphatic hydroxyl groups excluding tert-OH is 1. The van der Waals surface area contributed by atoms with Crippen LogP contribution < -0.4 is 25.2 Å². The van der Waals surface area contributed by atoms with Crippen LogP contribution in [0.1, 0.15) is 19.6 Å². The number of halogens is 2. The minimum Gasteiger partial charge on any atom is -0.575 e. The molecule has 0 saturated carbocycles. The summed E-state index contributed by atoms with van der Waals surface area (Å²) in [5.74, 6) is -6.15. The zero-order chi connectivity index (χ0) is 29.9. The fourth-order valence-corrected chi connectivity index (χ4v) is 5.01. The molecule has 0 spiro atoms. The lowest BCUT2D eigenvalue weighted by Gasteiger charge is -2.21. The van der Waals surface area contributed by atoms with Gasteiger partial charge in [-0.3, -0.25) is 13.9 Å². The first-order valence-corrected chi connectivity index (χ1v) is 13.6. The van der Waals surface area contributed by atoms with Crippen molar-refractivity contribution in [3.8, 4) is 11.5 Å². The van der Waals surface area contributed by atoms with E-state index in [1.165, 1.54) is 37.3 Å². The van der Waals surface area contributed by atoms with Gasteiger partial charge in [-0.25, -0.2) is 9.59 Å². The van der Waals surface area contributed by atoms with E-state index in [1.54, 1.807) is 0 Å². The monoisotopic (exact) mass is 599 g/mol. The number of carbonyl (C=O) groups excluding carboxylic acids is 1. The number of hydrogen-bond acceptors (Lipinski definition) is 11. The van der Waals surface area contributed by atoms with E-state index in [0.717, 1.165) is 12.7 Å². The largest absolute Gasteiger partial charge is 0.575 e. The molecule has 17 heteroatoms. The quantitative estimate of drug-likeness (QED) is 0.328. The Bertz CT molecular complexity index is 1380. The number of alkyl halides is 2. The number of aliphatic hydroxyl groups is 1. The van der Waals surface area contributed by atoms with E-state index in [0.29, 0.717) is 17.5 Å². The van der Waals surface area contributed by atoms with E-state index in [9.17, 15) is 24.4 Å². The van der Waals surface area contributed by atoms with Gasteiger partial charge in [-0.15, -0.1) is 0 Å². The number of carboxylic acids is 1. The molecule has 2 aromatic rings. The summed E-state index contributed by atoms with van der Waals surface area (Å²) in [7, 11) is -0.931. The van der Waals surface area contributed by atoms with Gasteiger partial charge in [0, 0.05) is 12.7 Å². The Hall–Kier alpha value is -3.56. The Labute approximate surface area is 233 Å². The number of ether oxygens (including phenoxy) is 2. The first-order valence-electron chi connectivity index (χ1n) is 12.5. The third kappa shape index (κ3) is 7.02. The van der Waals surface area contributed by atoms with Gasteiger partial charge in [0.1, 0.15) is 18.5 Å². The molecular formula is C24H28F2N5O9P. The van der Waals surface area contributed by atoms with Crippen molar-refractivity contribution in [2.45, 2.75) is 43.7 Å². The van der Waals surface area contributed by atoms with Crippen LogP contribution in [-0.2, 0) is 14.3 Å². The summed E-state index contributed by atoms with van der Waals surface area (Å²) in [5.41, 5.74) is -1.13. The molecule has 2 saturated heterocycles. The van der Waals surface area contributed by atoms with Gasteiger partial charge in [-0.05, 0) is 45.1 Å². The molecule has 6 atom stereocenters. The number of carbonyl (C=O) groups is 2. The van der Waals surface area contributed by atoms with Gasteiger partial charge in [-0.2, -0.15) is 13.8 Å². The van der Waals surface area contributed by atoms with Gasteiger partial charge >= 0.3 is 25.7 Å². The number of carboxylic acid groups (broad SMARTS) is 1. The van der Waals surface area contributed by atoms with Gasteiger partial charge in [0.25, 0.3) is 0 Å². The molecule has 0 radical (unpaired) electrons. The predicted octanol–water partition coefficient (Wildman–Crippen LogP) is 0.814. The third-order valence-electron chi connectivity index (χ3n) is 6.53. The lowest BCUT2D eigenvalue weighted by molar-refractivity contribution is -0.169. The number of aliphatic carboxylic acids is 1. The number of hydrogen-bond donors (Lipinski definition) is 3. The molecule has 0 aliphatic carbocycles. The number of para-hydroxylation sites is 2. The van der Waals surface area contributed by atoms with Gasteiger partial charge in [0.05, 0.1) is 5.92 Å². The molecular weight excluding hydrogens is 571 g/mol. The topological polar surface area (TPSA) is 188 Å². The van der Waals surface area contributed by atoms with Gasteiger partial charge < -0.3 is 34.8 Å². The lowest BCUT2D eigenvalue weighted by Crippen LogP contribution is -2.42. The predicted molar refractivity (Wildman–Crippen MR) is 137 cm³/mol. The molecule has 222 valence electrons. The summed E-state index contributed by atoms with van der Waals surface area (Å²) >= 11 is 0. The summed E-state index contributed by atoms with van der Waals surface area (Å²) in [5, 5.41) is 21.7. The summed E-state index contributed by atoms with van der Waals surface area (Å²) < 4.78 is 50.0. The van der Waals surface area contributed by atoms with Crippen molar-refractivity contribution in [1.29, 1.82) is 0 Å². The maximum atomic E-state index is 15.0. The van der Waals surface area contributed by atoms with E-state index in [2.05, 4.69) is 15.0 Å². The Morgan fingerprint density at radius 3 is 2.68 bits per heavy atom. The number of anilines is 1. The number of likely N-dealkylation sites (tertiary alicyclic amines) is 1. The zero-order valence-corrected chi connectivity index (χ0v) is 22.8. The van der Waals surface area contributed by atoms with Crippen molar-refractivity contribution in [3.05, 3.63) is 47.0 Å². The highest BCUT2D eigenvalue weighted by atomic mass is 31.1. The van der Waals surface area contributed by atoms with Crippen molar-refractivity contribution in [2.75, 3.05) is 32.1 Å². The first kappa shape index (κ1) is 30.4. The minimum atomic E-state index is -3.93. The smallest absolute Gasteiger partial charge is 0.395 e. The number of amides is 1. The molecule has 41 heavy (non-hydrogen) atoms.